The van der Waals surface area contributed by atoms with Crippen LogP contribution in [0.15, 0.2) is 30.9 Å². The van der Waals surface area contributed by atoms with Crippen LogP contribution >= 0.6 is 11.3 Å². The Labute approximate surface area is 98.0 Å². The van der Waals surface area contributed by atoms with Crippen molar-refractivity contribution in [1.82, 2.24) is 9.97 Å². The predicted octanol–water partition coefficient (Wildman–Crippen LogP) is 2.95. The maximum atomic E-state index is 12.2. The highest BCUT2D eigenvalue weighted by Gasteiger charge is 2.40. The number of hydrogen-bond acceptors (Lipinski definition) is 4. The first-order chi connectivity index (χ1) is 7.98. The zero-order chi connectivity index (χ0) is 12.5. The molecule has 0 bridgehead atoms. The summed E-state index contributed by atoms with van der Waals surface area (Å²) in [6, 6.07) is 2.60. The molecule has 0 aliphatic carbocycles. The molecule has 0 spiro atoms. The van der Waals surface area contributed by atoms with Gasteiger partial charge in [0.05, 0.1) is 4.88 Å². The Kier molecular flexibility index (Phi) is 2.93. The van der Waals surface area contributed by atoms with Gasteiger partial charge in [-0.1, -0.05) is 0 Å². The standard InChI is InChI=1S/C10H5F3N2OS/c11-10(12,13)9(16)8-2-1-7(17-8)6-3-14-5-15-4-6/h1-5H. The van der Waals surface area contributed by atoms with Crippen LogP contribution in [0.3, 0.4) is 0 Å². The Morgan fingerprint density at radius 1 is 1.18 bits per heavy atom. The van der Waals surface area contributed by atoms with E-state index in [0.29, 0.717) is 10.4 Å². The third-order valence-electron chi connectivity index (χ3n) is 1.93. The first-order valence-electron chi connectivity index (χ1n) is 4.45. The largest absolute Gasteiger partial charge is 0.455 e. The van der Waals surface area contributed by atoms with Gasteiger partial charge in [0.25, 0.3) is 5.78 Å². The molecule has 0 saturated heterocycles. The molecule has 0 aliphatic heterocycles. The van der Waals surface area contributed by atoms with Crippen LogP contribution in [0, 0.1) is 0 Å². The minimum Gasteiger partial charge on any atom is -0.283 e. The fourth-order valence-corrected chi connectivity index (χ4v) is 2.12. The molecule has 0 amide bonds. The van der Waals surface area contributed by atoms with Gasteiger partial charge in [-0.3, -0.25) is 4.79 Å². The van der Waals surface area contributed by atoms with Gasteiger partial charge in [0.1, 0.15) is 6.33 Å². The first kappa shape index (κ1) is 11.7. The van der Waals surface area contributed by atoms with E-state index in [4.69, 9.17) is 0 Å². The lowest BCUT2D eigenvalue weighted by Gasteiger charge is -2.01. The summed E-state index contributed by atoms with van der Waals surface area (Å²) in [6.07, 6.45) is -0.574. The molecule has 3 nitrogen and oxygen atoms in total. The SMILES string of the molecule is O=C(c1ccc(-c2cncnc2)s1)C(F)(F)F. The zero-order valence-corrected chi connectivity index (χ0v) is 9.05. The van der Waals surface area contributed by atoms with Gasteiger partial charge in [0.15, 0.2) is 0 Å². The minimum atomic E-state index is -4.84. The number of halogens is 3. The number of carbonyl (C=O) groups excluding carboxylic acids is 1. The fraction of sp³-hybridized carbons (Fsp3) is 0.100. The van der Waals surface area contributed by atoms with Crippen molar-refractivity contribution >= 4 is 17.1 Å². The molecule has 0 aliphatic rings. The molecule has 0 radical (unpaired) electrons. The summed E-state index contributed by atoms with van der Waals surface area (Å²) < 4.78 is 36.5. The summed E-state index contributed by atoms with van der Waals surface area (Å²) in [4.78, 5) is 18.7. The van der Waals surface area contributed by atoms with Gasteiger partial charge in [-0.2, -0.15) is 13.2 Å². The highest BCUT2D eigenvalue weighted by atomic mass is 32.1. The molecule has 17 heavy (non-hydrogen) atoms. The smallest absolute Gasteiger partial charge is 0.283 e. The van der Waals surface area contributed by atoms with Crippen LogP contribution in [0.2, 0.25) is 0 Å². The number of carbonyl (C=O) groups is 1. The van der Waals surface area contributed by atoms with Crippen molar-refractivity contribution in [3.05, 3.63) is 35.7 Å². The zero-order valence-electron chi connectivity index (χ0n) is 8.23. The lowest BCUT2D eigenvalue weighted by Crippen LogP contribution is -2.21. The second-order valence-corrected chi connectivity index (χ2v) is 4.20. The maximum absolute atomic E-state index is 12.2. The Morgan fingerprint density at radius 3 is 2.41 bits per heavy atom. The summed E-state index contributed by atoms with van der Waals surface area (Å²) in [5.41, 5.74) is 0.582. The van der Waals surface area contributed by atoms with E-state index in [-0.39, 0.29) is 4.88 Å². The summed E-state index contributed by atoms with van der Waals surface area (Å²) >= 11 is 0.771. The van der Waals surface area contributed by atoms with E-state index in [1.807, 2.05) is 0 Å². The van der Waals surface area contributed by atoms with Crippen molar-refractivity contribution in [2.75, 3.05) is 0 Å². The van der Waals surface area contributed by atoms with E-state index >= 15 is 0 Å². The number of Topliss-reactive ketones (excluding diaryl/α,β-unsaturated/α-hetero) is 1. The van der Waals surface area contributed by atoms with Gasteiger partial charge in [-0.15, -0.1) is 11.3 Å². The molecule has 0 aromatic carbocycles. The Morgan fingerprint density at radius 2 is 1.82 bits per heavy atom. The Balaban J connectivity index is 2.32. The maximum Gasteiger partial charge on any atom is 0.455 e. The summed E-state index contributed by atoms with van der Waals surface area (Å²) in [5.74, 6) is -1.83. The van der Waals surface area contributed by atoms with E-state index in [1.54, 1.807) is 0 Å². The molecule has 0 unspecified atom stereocenters. The van der Waals surface area contributed by atoms with Crippen LogP contribution in [0.4, 0.5) is 13.2 Å². The van der Waals surface area contributed by atoms with Gasteiger partial charge >= 0.3 is 6.18 Å². The van der Waals surface area contributed by atoms with Crippen LogP contribution in [0.1, 0.15) is 9.67 Å². The highest BCUT2D eigenvalue weighted by Crippen LogP contribution is 2.31. The molecule has 0 atom stereocenters. The van der Waals surface area contributed by atoms with Crippen molar-refractivity contribution in [3.63, 3.8) is 0 Å². The molecule has 88 valence electrons. The molecule has 0 N–H and O–H groups in total. The van der Waals surface area contributed by atoms with Crippen molar-refractivity contribution in [2.45, 2.75) is 6.18 Å². The number of aromatic nitrogens is 2. The van der Waals surface area contributed by atoms with Crippen molar-refractivity contribution in [2.24, 2.45) is 0 Å². The average molecular weight is 258 g/mol. The summed E-state index contributed by atoms with van der Waals surface area (Å²) in [6.45, 7) is 0. The number of alkyl halides is 3. The Hall–Kier alpha value is -1.76. The molecule has 2 heterocycles. The first-order valence-corrected chi connectivity index (χ1v) is 5.27. The summed E-state index contributed by atoms with van der Waals surface area (Å²) in [7, 11) is 0. The van der Waals surface area contributed by atoms with Crippen molar-refractivity contribution in [3.8, 4) is 10.4 Å². The molecule has 7 heteroatoms. The predicted molar refractivity (Wildman–Crippen MR) is 55.7 cm³/mol. The molecule has 2 aromatic rings. The van der Waals surface area contributed by atoms with Crippen LogP contribution < -0.4 is 0 Å². The molecular weight excluding hydrogens is 253 g/mol. The second kappa shape index (κ2) is 4.25. The average Bonchev–Trinajstić information content (AvgIpc) is 2.77. The lowest BCUT2D eigenvalue weighted by molar-refractivity contribution is -0.0882. The molecule has 2 aromatic heterocycles. The third kappa shape index (κ3) is 2.50. The summed E-state index contributed by atoms with van der Waals surface area (Å²) in [5, 5.41) is 0. The van der Waals surface area contributed by atoms with Crippen molar-refractivity contribution in [1.29, 1.82) is 0 Å². The van der Waals surface area contributed by atoms with E-state index in [1.165, 1.54) is 24.8 Å². The third-order valence-corrected chi connectivity index (χ3v) is 3.07. The van der Waals surface area contributed by atoms with Crippen molar-refractivity contribution < 1.29 is 18.0 Å². The van der Waals surface area contributed by atoms with Crippen LogP contribution in [0.5, 0.6) is 0 Å². The van der Waals surface area contributed by atoms with Gasteiger partial charge in [-0.05, 0) is 12.1 Å². The monoisotopic (exact) mass is 258 g/mol. The second-order valence-electron chi connectivity index (χ2n) is 3.12. The van der Waals surface area contributed by atoms with Crippen LogP contribution in [-0.2, 0) is 0 Å². The number of hydrogen-bond donors (Lipinski definition) is 0. The number of nitrogens with zero attached hydrogens (tertiary/aromatic N) is 2. The van der Waals surface area contributed by atoms with Gasteiger partial charge in [0.2, 0.25) is 0 Å². The van der Waals surface area contributed by atoms with E-state index in [9.17, 15) is 18.0 Å². The Bertz CT molecular complexity index is 536. The topological polar surface area (TPSA) is 42.9 Å². The van der Waals surface area contributed by atoms with Gasteiger partial charge < -0.3 is 0 Å². The van der Waals surface area contributed by atoms with Crippen LogP contribution in [0.25, 0.3) is 10.4 Å². The van der Waals surface area contributed by atoms with Gasteiger partial charge in [0, 0.05) is 22.8 Å². The normalized spacial score (nSPS) is 11.5. The lowest BCUT2D eigenvalue weighted by atomic mass is 10.2. The molecule has 0 fully saturated rings. The van der Waals surface area contributed by atoms with E-state index < -0.39 is 12.0 Å². The number of ketones is 1. The van der Waals surface area contributed by atoms with Crippen LogP contribution in [-0.4, -0.2) is 21.9 Å². The van der Waals surface area contributed by atoms with Gasteiger partial charge in [-0.25, -0.2) is 9.97 Å². The number of rotatable bonds is 2. The molecule has 0 saturated carbocycles. The minimum absolute atomic E-state index is 0.337. The number of thiophene rings is 1. The molecule has 2 rings (SSSR count). The van der Waals surface area contributed by atoms with E-state index in [2.05, 4.69) is 9.97 Å². The quantitative estimate of drug-likeness (QED) is 0.778. The molecular formula is C10H5F3N2OS. The van der Waals surface area contributed by atoms with E-state index in [0.717, 1.165) is 17.4 Å². The highest BCUT2D eigenvalue weighted by molar-refractivity contribution is 7.17. The fourth-order valence-electron chi connectivity index (χ4n) is 1.18.